The van der Waals surface area contributed by atoms with E-state index in [1.54, 1.807) is 16.0 Å². The van der Waals surface area contributed by atoms with E-state index in [-0.39, 0.29) is 11.8 Å². The molecule has 1 aromatic heterocycles. The van der Waals surface area contributed by atoms with Crippen molar-refractivity contribution in [3.05, 3.63) is 18.0 Å². The highest BCUT2D eigenvalue weighted by Crippen LogP contribution is 2.12. The molecule has 0 aromatic carbocycles. The second-order valence-corrected chi connectivity index (χ2v) is 6.19. The normalized spacial score (nSPS) is 21.8. The molecule has 1 N–H and O–H groups in total. The minimum atomic E-state index is -0.414. The van der Waals surface area contributed by atoms with Crippen molar-refractivity contribution >= 4 is 11.8 Å². The molecule has 3 rings (SSSR count). The summed E-state index contributed by atoms with van der Waals surface area (Å²) in [6.07, 6.45) is 2.09. The largest absolute Gasteiger partial charge is 0.378 e. The monoisotopic (exact) mass is 335 g/mol. The van der Waals surface area contributed by atoms with Gasteiger partial charge < -0.3 is 19.9 Å². The number of ether oxygens (including phenoxy) is 1. The number of hydrogen-bond acceptors (Lipinski definition) is 5. The van der Waals surface area contributed by atoms with Gasteiger partial charge in [0.2, 0.25) is 11.8 Å². The van der Waals surface area contributed by atoms with Crippen molar-refractivity contribution in [1.29, 1.82) is 0 Å². The molecule has 132 valence electrons. The number of rotatable bonds is 4. The third-order valence-corrected chi connectivity index (χ3v) is 4.64. The van der Waals surface area contributed by atoms with E-state index in [9.17, 15) is 9.59 Å². The lowest BCUT2D eigenvalue weighted by Crippen LogP contribution is -2.61. The molecule has 2 aliphatic rings. The average Bonchev–Trinajstić information content (AvgIpc) is 3.05. The van der Waals surface area contributed by atoms with Crippen LogP contribution in [0.15, 0.2) is 12.3 Å². The number of carbonyl (C=O) groups is 2. The first-order valence-electron chi connectivity index (χ1n) is 8.52. The molecule has 1 atom stereocenters. The van der Waals surface area contributed by atoms with Gasteiger partial charge in [0.25, 0.3) is 0 Å². The minimum Gasteiger partial charge on any atom is -0.378 e. The minimum absolute atomic E-state index is 0.0120. The van der Waals surface area contributed by atoms with E-state index in [1.165, 1.54) is 0 Å². The zero-order valence-electron chi connectivity index (χ0n) is 14.1. The van der Waals surface area contributed by atoms with Crippen molar-refractivity contribution in [2.45, 2.75) is 25.9 Å². The number of aromatic nitrogens is 2. The summed E-state index contributed by atoms with van der Waals surface area (Å²) in [5.41, 5.74) is 1.03. The quantitative estimate of drug-likeness (QED) is 0.782. The lowest BCUT2D eigenvalue weighted by Gasteiger charge is -2.39. The number of amides is 2. The molecule has 8 nitrogen and oxygen atoms in total. The first kappa shape index (κ1) is 16.9. The van der Waals surface area contributed by atoms with Gasteiger partial charge in [0, 0.05) is 57.6 Å². The Morgan fingerprint density at radius 3 is 2.83 bits per heavy atom. The summed E-state index contributed by atoms with van der Waals surface area (Å²) in [6.45, 7) is 6.65. The molecule has 1 aromatic rings. The molecular weight excluding hydrogens is 310 g/mol. The molecule has 0 saturated carbocycles. The maximum Gasteiger partial charge on any atom is 0.246 e. The molecular formula is C16H25N5O3. The fourth-order valence-electron chi connectivity index (χ4n) is 3.20. The summed E-state index contributed by atoms with van der Waals surface area (Å²) in [4.78, 5) is 29.0. The van der Waals surface area contributed by atoms with Crippen LogP contribution in [0.1, 0.15) is 12.1 Å². The lowest BCUT2D eigenvalue weighted by molar-refractivity contribution is -0.149. The van der Waals surface area contributed by atoms with E-state index in [4.69, 9.17) is 4.74 Å². The van der Waals surface area contributed by atoms with Crippen LogP contribution < -0.4 is 5.32 Å². The Kier molecular flexibility index (Phi) is 5.47. The third kappa shape index (κ3) is 3.76. The van der Waals surface area contributed by atoms with Crippen LogP contribution in [0.2, 0.25) is 0 Å². The van der Waals surface area contributed by atoms with Gasteiger partial charge in [-0.1, -0.05) is 0 Å². The molecule has 0 unspecified atom stereocenters. The van der Waals surface area contributed by atoms with Crippen LogP contribution in [-0.4, -0.2) is 83.4 Å². The Bertz CT molecular complexity index is 582. The highest BCUT2D eigenvalue weighted by molar-refractivity contribution is 5.88. The Hall–Kier alpha value is -1.93. The third-order valence-electron chi connectivity index (χ3n) is 4.64. The summed E-state index contributed by atoms with van der Waals surface area (Å²) >= 11 is 0. The first-order valence-corrected chi connectivity index (χ1v) is 8.52. The Morgan fingerprint density at radius 2 is 2.12 bits per heavy atom. The molecule has 3 heterocycles. The summed E-state index contributed by atoms with van der Waals surface area (Å²) in [5.74, 6) is 0.0344. The zero-order chi connectivity index (χ0) is 16.9. The zero-order valence-corrected chi connectivity index (χ0v) is 14.1. The number of aryl methyl sites for hydroxylation is 2. The van der Waals surface area contributed by atoms with Gasteiger partial charge in [0.15, 0.2) is 0 Å². The first-order chi connectivity index (χ1) is 11.7. The summed E-state index contributed by atoms with van der Waals surface area (Å²) < 4.78 is 7.12. The van der Waals surface area contributed by atoms with Gasteiger partial charge in [-0.3, -0.25) is 14.3 Å². The van der Waals surface area contributed by atoms with Crippen LogP contribution >= 0.6 is 0 Å². The maximum absolute atomic E-state index is 12.8. The van der Waals surface area contributed by atoms with Gasteiger partial charge in [-0.25, -0.2) is 0 Å². The number of nitrogens with zero attached hydrogens (tertiary/aromatic N) is 4. The van der Waals surface area contributed by atoms with Gasteiger partial charge in [-0.2, -0.15) is 5.10 Å². The van der Waals surface area contributed by atoms with Crippen LogP contribution in [0.3, 0.4) is 0 Å². The van der Waals surface area contributed by atoms with E-state index >= 15 is 0 Å². The Labute approximate surface area is 141 Å². The van der Waals surface area contributed by atoms with Crippen LogP contribution in [0.5, 0.6) is 0 Å². The van der Waals surface area contributed by atoms with Crippen molar-refractivity contribution < 1.29 is 14.3 Å². The molecule has 0 aliphatic carbocycles. The van der Waals surface area contributed by atoms with Gasteiger partial charge in [0.05, 0.1) is 13.2 Å². The average molecular weight is 335 g/mol. The highest BCUT2D eigenvalue weighted by atomic mass is 16.5. The summed E-state index contributed by atoms with van der Waals surface area (Å²) in [7, 11) is 0. The second kappa shape index (κ2) is 7.76. The van der Waals surface area contributed by atoms with Crippen molar-refractivity contribution in [2.24, 2.45) is 0 Å². The van der Waals surface area contributed by atoms with E-state index in [2.05, 4.69) is 10.4 Å². The van der Waals surface area contributed by atoms with Gasteiger partial charge in [0.1, 0.15) is 6.04 Å². The Balaban J connectivity index is 1.61. The lowest BCUT2D eigenvalue weighted by atomic mass is 10.1. The van der Waals surface area contributed by atoms with Crippen molar-refractivity contribution in [3.8, 4) is 0 Å². The number of piperazine rings is 1. The Morgan fingerprint density at radius 1 is 1.33 bits per heavy atom. The summed E-state index contributed by atoms with van der Waals surface area (Å²) in [5, 5.41) is 7.43. The molecule has 0 spiro atoms. The molecule has 24 heavy (non-hydrogen) atoms. The van der Waals surface area contributed by atoms with E-state index in [0.29, 0.717) is 52.4 Å². The maximum atomic E-state index is 12.8. The SMILES string of the molecule is Cc1ccnn1CCC(=O)N1CCNC[C@@H]1C(=O)N1CCOCC1. The predicted molar refractivity (Wildman–Crippen MR) is 87.4 cm³/mol. The van der Waals surface area contributed by atoms with Crippen molar-refractivity contribution in [1.82, 2.24) is 24.9 Å². The summed E-state index contributed by atoms with van der Waals surface area (Å²) in [6, 6.07) is 1.50. The van der Waals surface area contributed by atoms with E-state index in [1.807, 2.05) is 17.7 Å². The van der Waals surface area contributed by atoms with Gasteiger partial charge >= 0.3 is 0 Å². The highest BCUT2D eigenvalue weighted by Gasteiger charge is 2.35. The molecule has 2 aliphatic heterocycles. The molecule has 2 saturated heterocycles. The van der Waals surface area contributed by atoms with E-state index in [0.717, 1.165) is 12.2 Å². The topological polar surface area (TPSA) is 79.7 Å². The van der Waals surface area contributed by atoms with Crippen molar-refractivity contribution in [3.63, 3.8) is 0 Å². The smallest absolute Gasteiger partial charge is 0.246 e. The number of hydrogen-bond donors (Lipinski definition) is 1. The van der Waals surface area contributed by atoms with Crippen LogP contribution in [0.4, 0.5) is 0 Å². The van der Waals surface area contributed by atoms with Crippen LogP contribution in [0.25, 0.3) is 0 Å². The molecule has 8 heteroatoms. The molecule has 0 bridgehead atoms. The van der Waals surface area contributed by atoms with Crippen molar-refractivity contribution in [2.75, 3.05) is 45.9 Å². The second-order valence-electron chi connectivity index (χ2n) is 6.19. The van der Waals surface area contributed by atoms with Gasteiger partial charge in [-0.15, -0.1) is 0 Å². The molecule has 2 fully saturated rings. The number of carbonyl (C=O) groups excluding carboxylic acids is 2. The number of nitrogens with one attached hydrogen (secondary N) is 1. The van der Waals surface area contributed by atoms with E-state index < -0.39 is 6.04 Å². The van der Waals surface area contributed by atoms with Crippen LogP contribution in [-0.2, 0) is 20.9 Å². The molecule has 2 amide bonds. The molecule has 0 radical (unpaired) electrons. The fourth-order valence-corrected chi connectivity index (χ4v) is 3.20. The predicted octanol–water partition coefficient (Wildman–Crippen LogP) is -0.759. The fraction of sp³-hybridized carbons (Fsp3) is 0.688. The number of morpholine rings is 1. The standard InChI is InChI=1S/C16H25N5O3/c1-13-2-4-18-21(13)6-3-15(22)20-7-5-17-12-14(20)16(23)19-8-10-24-11-9-19/h2,4,14,17H,3,5-12H2,1H3/t14-/m1/s1. The van der Waals surface area contributed by atoms with Gasteiger partial charge in [-0.05, 0) is 13.0 Å². The van der Waals surface area contributed by atoms with Crippen LogP contribution in [0, 0.1) is 6.92 Å².